The van der Waals surface area contributed by atoms with E-state index in [4.69, 9.17) is 4.99 Å². The molecular weight excluding hydrogens is 312 g/mol. The molecule has 3 heteroatoms. The van der Waals surface area contributed by atoms with Gasteiger partial charge >= 0.3 is 0 Å². The van der Waals surface area contributed by atoms with Crippen LogP contribution in [0.2, 0.25) is 0 Å². The van der Waals surface area contributed by atoms with E-state index < -0.39 is 0 Å². The number of aromatic nitrogens is 1. The first-order valence-corrected chi connectivity index (χ1v) is 8.09. The molecule has 0 bridgehead atoms. The molecule has 1 heterocycles. The maximum Gasteiger partial charge on any atom is 0.0634 e. The molecule has 20 heavy (non-hydrogen) atoms. The van der Waals surface area contributed by atoms with Gasteiger partial charge in [0, 0.05) is 22.6 Å². The number of nitrogens with zero attached hydrogens (tertiary/aromatic N) is 2. The Morgan fingerprint density at radius 3 is 2.55 bits per heavy atom. The first kappa shape index (κ1) is 13.6. The molecule has 3 rings (SSSR count). The van der Waals surface area contributed by atoms with Crippen LogP contribution < -0.4 is 0 Å². The summed E-state index contributed by atoms with van der Waals surface area (Å²) in [5.41, 5.74) is 2.32. The minimum absolute atomic E-state index is 0.525. The first-order valence-electron chi connectivity index (χ1n) is 7.29. The molecule has 0 spiro atoms. The molecule has 1 aromatic carbocycles. The number of benzene rings is 1. The molecule has 0 N–H and O–H groups in total. The Labute approximate surface area is 128 Å². The van der Waals surface area contributed by atoms with Crippen LogP contribution in [0, 0.1) is 0 Å². The number of aliphatic imine (C=N–C) groups is 1. The van der Waals surface area contributed by atoms with Crippen molar-refractivity contribution in [3.05, 3.63) is 52.8 Å². The first-order chi connectivity index (χ1) is 9.83. The Morgan fingerprint density at radius 2 is 1.80 bits per heavy atom. The smallest absolute Gasteiger partial charge is 0.0634 e. The van der Waals surface area contributed by atoms with Gasteiger partial charge in [0.05, 0.1) is 11.7 Å². The third-order valence-corrected chi connectivity index (χ3v) is 4.41. The number of halogens is 1. The number of hydrogen-bond donors (Lipinski definition) is 0. The maximum atomic E-state index is 4.77. The molecule has 0 aliphatic heterocycles. The second kappa shape index (κ2) is 6.40. The zero-order valence-electron chi connectivity index (χ0n) is 11.5. The predicted octanol–water partition coefficient (Wildman–Crippen LogP) is 4.99. The molecular formula is C17H19BrN2. The van der Waals surface area contributed by atoms with Crippen LogP contribution in [0.1, 0.15) is 37.8 Å². The van der Waals surface area contributed by atoms with Gasteiger partial charge in [0.1, 0.15) is 0 Å². The zero-order chi connectivity index (χ0) is 13.8. The lowest BCUT2D eigenvalue weighted by molar-refractivity contribution is 0.444. The van der Waals surface area contributed by atoms with Crippen LogP contribution in [0.15, 0.2) is 52.1 Å². The minimum atomic E-state index is 0.525. The maximum absolute atomic E-state index is 4.77. The molecule has 1 aliphatic rings. The third-order valence-electron chi connectivity index (χ3n) is 3.88. The summed E-state index contributed by atoms with van der Waals surface area (Å²) >= 11 is 3.47. The van der Waals surface area contributed by atoms with Crippen molar-refractivity contribution < 1.29 is 0 Å². The van der Waals surface area contributed by atoms with E-state index in [1.165, 1.54) is 37.8 Å². The molecule has 2 nitrogen and oxygen atoms in total. The molecule has 1 aliphatic carbocycles. The van der Waals surface area contributed by atoms with E-state index in [1.807, 2.05) is 6.21 Å². The standard InChI is InChI=1S/C17H19BrN2/c18-14-8-10-16(11-9-14)20-12-4-7-17(20)13-19-15-5-2-1-3-6-15/h4,7-13,15H,1-3,5-6H2. The van der Waals surface area contributed by atoms with Crippen molar-refractivity contribution in [1.82, 2.24) is 4.57 Å². The molecule has 0 amide bonds. The van der Waals surface area contributed by atoms with E-state index in [-0.39, 0.29) is 0 Å². The molecule has 0 atom stereocenters. The number of hydrogen-bond acceptors (Lipinski definition) is 1. The summed E-state index contributed by atoms with van der Waals surface area (Å²) in [6, 6.07) is 13.1. The molecule has 1 aromatic heterocycles. The van der Waals surface area contributed by atoms with E-state index >= 15 is 0 Å². The molecule has 2 aromatic rings. The van der Waals surface area contributed by atoms with Gasteiger partial charge in [-0.05, 0) is 49.2 Å². The van der Waals surface area contributed by atoms with Gasteiger partial charge in [0.15, 0.2) is 0 Å². The Morgan fingerprint density at radius 1 is 1.05 bits per heavy atom. The lowest BCUT2D eigenvalue weighted by Crippen LogP contribution is -2.10. The minimum Gasteiger partial charge on any atom is -0.316 e. The second-order valence-corrected chi connectivity index (χ2v) is 6.27. The van der Waals surface area contributed by atoms with Gasteiger partial charge in [0.25, 0.3) is 0 Å². The van der Waals surface area contributed by atoms with Crippen molar-refractivity contribution in [3.63, 3.8) is 0 Å². The third kappa shape index (κ3) is 3.21. The average Bonchev–Trinajstić information content (AvgIpc) is 2.95. The summed E-state index contributed by atoms with van der Waals surface area (Å²) in [7, 11) is 0. The van der Waals surface area contributed by atoms with Crippen LogP contribution in [-0.2, 0) is 0 Å². The van der Waals surface area contributed by atoms with Crippen molar-refractivity contribution in [2.75, 3.05) is 0 Å². The average molecular weight is 331 g/mol. The fraction of sp³-hybridized carbons (Fsp3) is 0.353. The topological polar surface area (TPSA) is 17.3 Å². The molecule has 1 fully saturated rings. The highest BCUT2D eigenvalue weighted by Crippen LogP contribution is 2.21. The zero-order valence-corrected chi connectivity index (χ0v) is 13.1. The van der Waals surface area contributed by atoms with Gasteiger partial charge in [-0.1, -0.05) is 35.2 Å². The van der Waals surface area contributed by atoms with E-state index in [0.29, 0.717) is 6.04 Å². The van der Waals surface area contributed by atoms with Gasteiger partial charge in [0.2, 0.25) is 0 Å². The summed E-state index contributed by atoms with van der Waals surface area (Å²) in [6.45, 7) is 0. The van der Waals surface area contributed by atoms with E-state index in [0.717, 1.165) is 10.2 Å². The van der Waals surface area contributed by atoms with Gasteiger partial charge in [-0.25, -0.2) is 0 Å². The second-order valence-electron chi connectivity index (χ2n) is 5.35. The van der Waals surface area contributed by atoms with E-state index in [1.54, 1.807) is 0 Å². The molecule has 1 saturated carbocycles. The van der Waals surface area contributed by atoms with Crippen molar-refractivity contribution in [2.24, 2.45) is 4.99 Å². The molecule has 0 saturated heterocycles. The lowest BCUT2D eigenvalue weighted by Gasteiger charge is -2.17. The fourth-order valence-corrected chi connectivity index (χ4v) is 3.01. The van der Waals surface area contributed by atoms with Crippen LogP contribution in [0.5, 0.6) is 0 Å². The highest BCUT2D eigenvalue weighted by atomic mass is 79.9. The van der Waals surface area contributed by atoms with Crippen molar-refractivity contribution in [3.8, 4) is 5.69 Å². The van der Waals surface area contributed by atoms with Crippen LogP contribution in [0.3, 0.4) is 0 Å². The Kier molecular flexibility index (Phi) is 4.36. The summed E-state index contributed by atoms with van der Waals surface area (Å²) < 4.78 is 3.28. The molecule has 104 valence electrons. The largest absolute Gasteiger partial charge is 0.316 e. The van der Waals surface area contributed by atoms with Crippen LogP contribution in [-0.4, -0.2) is 16.8 Å². The predicted molar refractivity (Wildman–Crippen MR) is 87.9 cm³/mol. The van der Waals surface area contributed by atoms with Gasteiger partial charge in [-0.2, -0.15) is 0 Å². The highest BCUT2D eigenvalue weighted by molar-refractivity contribution is 9.10. The quantitative estimate of drug-likeness (QED) is 0.705. The van der Waals surface area contributed by atoms with Crippen LogP contribution in [0.25, 0.3) is 5.69 Å². The highest BCUT2D eigenvalue weighted by Gasteiger charge is 2.11. The molecule has 0 unspecified atom stereocenters. The Hall–Kier alpha value is -1.35. The van der Waals surface area contributed by atoms with Crippen molar-refractivity contribution in [2.45, 2.75) is 38.1 Å². The van der Waals surface area contributed by atoms with Crippen molar-refractivity contribution in [1.29, 1.82) is 0 Å². The lowest BCUT2D eigenvalue weighted by atomic mass is 9.96. The Bertz CT molecular complexity index is 577. The van der Waals surface area contributed by atoms with Crippen LogP contribution >= 0.6 is 15.9 Å². The normalized spacial score (nSPS) is 16.9. The van der Waals surface area contributed by atoms with E-state index in [9.17, 15) is 0 Å². The van der Waals surface area contributed by atoms with Crippen molar-refractivity contribution >= 4 is 22.1 Å². The van der Waals surface area contributed by atoms with Crippen LogP contribution in [0.4, 0.5) is 0 Å². The van der Waals surface area contributed by atoms with Gasteiger partial charge in [-0.3, -0.25) is 4.99 Å². The summed E-state index contributed by atoms with van der Waals surface area (Å²) in [5.74, 6) is 0. The van der Waals surface area contributed by atoms with Gasteiger partial charge < -0.3 is 4.57 Å². The monoisotopic (exact) mass is 330 g/mol. The summed E-state index contributed by atoms with van der Waals surface area (Å²) in [4.78, 5) is 4.77. The van der Waals surface area contributed by atoms with Gasteiger partial charge in [-0.15, -0.1) is 0 Å². The summed E-state index contributed by atoms with van der Waals surface area (Å²) in [5, 5.41) is 0. The number of rotatable bonds is 3. The fourth-order valence-electron chi connectivity index (χ4n) is 2.75. The van der Waals surface area contributed by atoms with E-state index in [2.05, 4.69) is 63.1 Å². The molecule has 0 radical (unpaired) electrons. The SMILES string of the molecule is Brc1ccc(-n2cccc2C=NC2CCCCC2)cc1. The summed E-state index contributed by atoms with van der Waals surface area (Å²) in [6.07, 6.45) is 10.7. The Balaban J connectivity index is 1.79.